The van der Waals surface area contributed by atoms with Crippen LogP contribution in [0.1, 0.15) is 11.3 Å². The van der Waals surface area contributed by atoms with Crippen molar-refractivity contribution >= 4 is 8.07 Å². The molecule has 0 saturated heterocycles. The molecule has 0 bridgehead atoms. The highest BCUT2D eigenvalue weighted by Gasteiger charge is 2.28. The van der Waals surface area contributed by atoms with Gasteiger partial charge in [-0.2, -0.15) is 0 Å². The third-order valence-corrected chi connectivity index (χ3v) is 4.31. The van der Waals surface area contributed by atoms with Crippen LogP contribution in [0.15, 0.2) is 30.3 Å². The second-order valence-corrected chi connectivity index (χ2v) is 9.99. The maximum atomic E-state index is 5.78. The number of rotatable bonds is 5. The van der Waals surface area contributed by atoms with Crippen molar-refractivity contribution in [3.63, 3.8) is 0 Å². The first-order valence-electron chi connectivity index (χ1n) is 5.21. The Kier molecular flexibility index (Phi) is 4.51. The van der Waals surface area contributed by atoms with E-state index < -0.39 is 8.07 Å². The lowest BCUT2D eigenvalue weighted by Gasteiger charge is -2.29. The van der Waals surface area contributed by atoms with Crippen LogP contribution in [-0.4, -0.2) is 22.0 Å². The van der Waals surface area contributed by atoms with E-state index in [1.807, 2.05) is 6.07 Å². The second-order valence-electron chi connectivity index (χ2n) is 4.73. The van der Waals surface area contributed by atoms with E-state index >= 15 is 0 Å². The van der Waals surface area contributed by atoms with Gasteiger partial charge < -0.3 is 9.47 Å². The minimum Gasteiger partial charge on any atom is -0.359 e. The summed E-state index contributed by atoms with van der Waals surface area (Å²) in [5.41, 5.74) is 1.47. The Morgan fingerprint density at radius 2 is 1.73 bits per heavy atom. The molecule has 0 heterocycles. The first-order valence-corrected chi connectivity index (χ1v) is 8.79. The molecule has 0 spiro atoms. The molecule has 0 aliphatic carbocycles. The quantitative estimate of drug-likeness (QED) is 0.565. The molecule has 0 saturated carbocycles. The van der Waals surface area contributed by atoms with E-state index in [0.29, 0.717) is 6.79 Å². The molecule has 1 atom stereocenters. The van der Waals surface area contributed by atoms with Gasteiger partial charge in [0.1, 0.15) is 6.79 Å². The van der Waals surface area contributed by atoms with E-state index in [1.165, 1.54) is 5.56 Å². The van der Waals surface area contributed by atoms with Gasteiger partial charge in [0.05, 0.1) is 13.8 Å². The van der Waals surface area contributed by atoms with Crippen molar-refractivity contribution in [1.29, 1.82) is 0 Å². The third kappa shape index (κ3) is 3.78. The van der Waals surface area contributed by atoms with E-state index in [1.54, 1.807) is 7.11 Å². The zero-order valence-corrected chi connectivity index (χ0v) is 11.0. The van der Waals surface area contributed by atoms with Crippen LogP contribution in [0.4, 0.5) is 0 Å². The van der Waals surface area contributed by atoms with Gasteiger partial charge in [-0.05, 0) is 5.56 Å². The molecular formula is C12H20O2Si. The highest BCUT2D eigenvalue weighted by molar-refractivity contribution is 6.77. The van der Waals surface area contributed by atoms with Crippen LogP contribution < -0.4 is 0 Å². The number of hydrogen-bond donors (Lipinski definition) is 0. The van der Waals surface area contributed by atoms with Crippen LogP contribution in [0.2, 0.25) is 19.6 Å². The van der Waals surface area contributed by atoms with Crippen molar-refractivity contribution in [2.24, 2.45) is 0 Å². The molecule has 1 unspecified atom stereocenters. The van der Waals surface area contributed by atoms with E-state index in [-0.39, 0.29) is 5.73 Å². The fourth-order valence-corrected chi connectivity index (χ4v) is 3.37. The van der Waals surface area contributed by atoms with Gasteiger partial charge in [0, 0.05) is 7.11 Å². The van der Waals surface area contributed by atoms with Crippen LogP contribution in [0.25, 0.3) is 0 Å². The molecule has 1 aromatic rings. The fourth-order valence-electron chi connectivity index (χ4n) is 1.61. The van der Waals surface area contributed by atoms with Gasteiger partial charge in [-0.15, -0.1) is 0 Å². The van der Waals surface area contributed by atoms with Crippen LogP contribution in [0.5, 0.6) is 0 Å². The highest BCUT2D eigenvalue weighted by Crippen LogP contribution is 2.27. The summed E-state index contributed by atoms with van der Waals surface area (Å²) in [6.07, 6.45) is 0. The topological polar surface area (TPSA) is 18.5 Å². The molecule has 0 fully saturated rings. The monoisotopic (exact) mass is 224 g/mol. The van der Waals surface area contributed by atoms with Gasteiger partial charge in [-0.1, -0.05) is 50.0 Å². The minimum absolute atomic E-state index is 0.207. The number of hydrogen-bond acceptors (Lipinski definition) is 2. The molecule has 0 N–H and O–H groups in total. The Morgan fingerprint density at radius 3 is 2.20 bits per heavy atom. The molecule has 0 aliphatic heterocycles. The van der Waals surface area contributed by atoms with Gasteiger partial charge >= 0.3 is 0 Å². The first kappa shape index (κ1) is 12.4. The van der Waals surface area contributed by atoms with Crippen molar-refractivity contribution in [3.8, 4) is 0 Å². The van der Waals surface area contributed by atoms with Crippen molar-refractivity contribution in [2.45, 2.75) is 25.4 Å². The average molecular weight is 224 g/mol. The summed E-state index contributed by atoms with van der Waals surface area (Å²) in [5, 5.41) is 0. The lowest BCUT2D eigenvalue weighted by Crippen LogP contribution is -2.33. The number of ether oxygens (including phenoxy) is 2. The maximum Gasteiger partial charge on any atom is 0.146 e. The normalized spacial score (nSPS) is 13.9. The number of benzene rings is 1. The van der Waals surface area contributed by atoms with Gasteiger partial charge in [0.25, 0.3) is 0 Å². The predicted molar refractivity (Wildman–Crippen MR) is 65.5 cm³/mol. The summed E-state index contributed by atoms with van der Waals surface area (Å²) in [7, 11) is 0.292. The van der Waals surface area contributed by atoms with Gasteiger partial charge in [-0.25, -0.2) is 0 Å². The smallest absolute Gasteiger partial charge is 0.146 e. The molecule has 1 rings (SSSR count). The van der Waals surface area contributed by atoms with Crippen molar-refractivity contribution < 1.29 is 9.47 Å². The maximum absolute atomic E-state index is 5.78. The third-order valence-electron chi connectivity index (χ3n) is 2.24. The summed E-state index contributed by atoms with van der Waals surface area (Å²) in [6.45, 7) is 7.28. The number of methoxy groups -OCH3 is 1. The Labute approximate surface area is 93.2 Å². The summed E-state index contributed by atoms with van der Waals surface area (Å²) in [4.78, 5) is 0. The van der Waals surface area contributed by atoms with Gasteiger partial charge in [0.2, 0.25) is 0 Å². The molecule has 2 nitrogen and oxygen atoms in total. The van der Waals surface area contributed by atoms with E-state index in [4.69, 9.17) is 9.47 Å². The van der Waals surface area contributed by atoms with Crippen LogP contribution in [0.3, 0.4) is 0 Å². The van der Waals surface area contributed by atoms with Crippen molar-refractivity contribution in [1.82, 2.24) is 0 Å². The Bertz CT molecular complexity index is 279. The summed E-state index contributed by atoms with van der Waals surface area (Å²) >= 11 is 0. The van der Waals surface area contributed by atoms with Crippen LogP contribution in [0, 0.1) is 0 Å². The standard InChI is InChI=1S/C12H20O2Si/c1-13-10-14-12(15(2,3)4)11-8-6-5-7-9-11/h5-9,12H,10H2,1-4H3. The summed E-state index contributed by atoms with van der Waals surface area (Å²) < 4.78 is 10.8. The summed E-state index contributed by atoms with van der Waals surface area (Å²) in [6, 6.07) is 10.4. The largest absolute Gasteiger partial charge is 0.359 e. The SMILES string of the molecule is COCOC(c1ccccc1)[Si](C)(C)C. The van der Waals surface area contributed by atoms with Gasteiger partial charge in [-0.3, -0.25) is 0 Å². The van der Waals surface area contributed by atoms with E-state index in [0.717, 1.165) is 0 Å². The van der Waals surface area contributed by atoms with Crippen LogP contribution >= 0.6 is 0 Å². The first-order chi connectivity index (χ1) is 7.05. The van der Waals surface area contributed by atoms with Crippen molar-refractivity contribution in [3.05, 3.63) is 35.9 Å². The molecule has 84 valence electrons. The highest BCUT2D eigenvalue weighted by atomic mass is 28.3. The molecule has 0 aliphatic rings. The summed E-state index contributed by atoms with van der Waals surface area (Å²) in [5.74, 6) is 0. The average Bonchev–Trinajstić information content (AvgIpc) is 2.18. The predicted octanol–water partition coefficient (Wildman–Crippen LogP) is 3.23. The lowest BCUT2D eigenvalue weighted by molar-refractivity contribution is -0.0491. The Balaban J connectivity index is 2.82. The molecule has 0 radical (unpaired) electrons. The second kappa shape index (κ2) is 5.44. The van der Waals surface area contributed by atoms with E-state index in [2.05, 4.69) is 43.9 Å². The Morgan fingerprint density at radius 1 is 1.13 bits per heavy atom. The molecule has 0 amide bonds. The molecule has 0 aromatic heterocycles. The van der Waals surface area contributed by atoms with Crippen molar-refractivity contribution in [2.75, 3.05) is 13.9 Å². The van der Waals surface area contributed by atoms with Crippen LogP contribution in [-0.2, 0) is 9.47 Å². The molecular weight excluding hydrogens is 204 g/mol. The van der Waals surface area contributed by atoms with Gasteiger partial charge in [0.15, 0.2) is 0 Å². The van der Waals surface area contributed by atoms with E-state index in [9.17, 15) is 0 Å². The zero-order chi connectivity index (χ0) is 11.3. The lowest BCUT2D eigenvalue weighted by atomic mass is 10.2. The molecule has 1 aromatic carbocycles. The fraction of sp³-hybridized carbons (Fsp3) is 0.500. The Hall–Kier alpha value is -0.643. The molecule has 3 heteroatoms. The molecule has 15 heavy (non-hydrogen) atoms. The minimum atomic E-state index is -1.37. The zero-order valence-electron chi connectivity index (χ0n) is 9.99.